The Bertz CT molecular complexity index is 172. The van der Waals surface area contributed by atoms with Crippen molar-refractivity contribution in [1.29, 1.82) is 0 Å². The monoisotopic (exact) mass is 196 g/mol. The van der Waals surface area contributed by atoms with Gasteiger partial charge in [-0.25, -0.2) is 0 Å². The van der Waals surface area contributed by atoms with Crippen LogP contribution in [0.5, 0.6) is 0 Å². The molecule has 0 saturated carbocycles. The van der Waals surface area contributed by atoms with Crippen LogP contribution in [-0.2, 0) is 4.79 Å². The van der Waals surface area contributed by atoms with Crippen LogP contribution < -0.4 is 0 Å². The zero-order valence-corrected chi connectivity index (χ0v) is 8.11. The van der Waals surface area contributed by atoms with Crippen molar-refractivity contribution in [2.75, 3.05) is 0 Å². The van der Waals surface area contributed by atoms with Gasteiger partial charge in [0.2, 0.25) is 0 Å². The smallest absolute Gasteiger partial charge is 0.299 e. The molecule has 0 amide bonds. The number of carbonyl (C=O) groups excluding carboxylic acids is 1. The van der Waals surface area contributed by atoms with E-state index >= 15 is 0 Å². The van der Waals surface area contributed by atoms with Crippen molar-refractivity contribution < 1.29 is 18.0 Å². The van der Waals surface area contributed by atoms with Gasteiger partial charge in [-0.2, -0.15) is 13.2 Å². The molecule has 1 atom stereocenters. The maximum atomic E-state index is 12.2. The summed E-state index contributed by atoms with van der Waals surface area (Å²) in [4.78, 5) is 11.1. The molecule has 0 spiro atoms. The molecule has 0 aliphatic carbocycles. The van der Waals surface area contributed by atoms with Gasteiger partial charge >= 0.3 is 6.18 Å². The largest absolute Gasteiger partial charge is 0.392 e. The van der Waals surface area contributed by atoms with Crippen LogP contribution in [0, 0.1) is 11.8 Å². The normalized spacial score (nSPS) is 14.7. The summed E-state index contributed by atoms with van der Waals surface area (Å²) in [7, 11) is 0. The molecule has 78 valence electrons. The Morgan fingerprint density at radius 2 is 1.77 bits per heavy atom. The van der Waals surface area contributed by atoms with Crippen molar-refractivity contribution in [1.82, 2.24) is 0 Å². The quantitative estimate of drug-likeness (QED) is 0.674. The first-order chi connectivity index (χ1) is 5.79. The van der Waals surface area contributed by atoms with Crippen molar-refractivity contribution in [3.8, 4) is 0 Å². The van der Waals surface area contributed by atoms with E-state index in [-0.39, 0.29) is 24.5 Å². The number of halogens is 3. The molecule has 0 bridgehead atoms. The van der Waals surface area contributed by atoms with Crippen LogP contribution in [0.25, 0.3) is 0 Å². The van der Waals surface area contributed by atoms with E-state index in [4.69, 9.17) is 0 Å². The highest BCUT2D eigenvalue weighted by Crippen LogP contribution is 2.31. The van der Waals surface area contributed by atoms with Crippen LogP contribution >= 0.6 is 0 Å². The molecule has 0 aliphatic heterocycles. The Morgan fingerprint density at radius 1 is 1.31 bits per heavy atom. The third-order valence-electron chi connectivity index (χ3n) is 2.05. The number of hydrogen-bond donors (Lipinski definition) is 0. The van der Waals surface area contributed by atoms with Gasteiger partial charge in [0, 0.05) is 12.3 Å². The molecule has 0 aromatic heterocycles. The van der Waals surface area contributed by atoms with Gasteiger partial charge < -0.3 is 0 Å². The molecule has 0 aromatic carbocycles. The van der Waals surface area contributed by atoms with E-state index in [1.807, 2.05) is 0 Å². The SMILES string of the molecule is CC[C@H](CC(=O)C(C)C)C(F)(F)F. The van der Waals surface area contributed by atoms with E-state index in [1.165, 1.54) is 6.92 Å². The van der Waals surface area contributed by atoms with Crippen molar-refractivity contribution in [3.05, 3.63) is 0 Å². The Hall–Kier alpha value is -0.540. The minimum Gasteiger partial charge on any atom is -0.299 e. The average molecular weight is 196 g/mol. The van der Waals surface area contributed by atoms with Crippen LogP contribution in [-0.4, -0.2) is 12.0 Å². The van der Waals surface area contributed by atoms with E-state index in [2.05, 4.69) is 0 Å². The molecule has 0 radical (unpaired) electrons. The summed E-state index contributed by atoms with van der Waals surface area (Å²) in [6.07, 6.45) is -4.64. The second-order valence-electron chi connectivity index (χ2n) is 3.47. The van der Waals surface area contributed by atoms with Gasteiger partial charge in [-0.15, -0.1) is 0 Å². The van der Waals surface area contributed by atoms with Gasteiger partial charge in [0.15, 0.2) is 0 Å². The molecule has 4 heteroatoms. The fourth-order valence-corrected chi connectivity index (χ4v) is 0.970. The molecule has 0 aromatic rings. The van der Waals surface area contributed by atoms with Crippen molar-refractivity contribution in [2.45, 2.75) is 39.8 Å². The van der Waals surface area contributed by atoms with Crippen LogP contribution in [0.2, 0.25) is 0 Å². The first-order valence-electron chi connectivity index (χ1n) is 4.38. The van der Waals surface area contributed by atoms with Gasteiger partial charge in [0.05, 0.1) is 5.92 Å². The third-order valence-corrected chi connectivity index (χ3v) is 2.05. The molecule has 0 aliphatic rings. The molecular weight excluding hydrogens is 181 g/mol. The molecule has 0 fully saturated rings. The predicted octanol–water partition coefficient (Wildman–Crippen LogP) is 3.19. The summed E-state index contributed by atoms with van der Waals surface area (Å²) in [5.74, 6) is -2.09. The minimum absolute atomic E-state index is 0.0258. The molecule has 0 heterocycles. The standard InChI is InChI=1S/C9H15F3O/c1-4-7(9(10,11)12)5-8(13)6(2)3/h6-7H,4-5H2,1-3H3/t7-/m1/s1. The summed E-state index contributed by atoms with van der Waals surface area (Å²) >= 11 is 0. The Labute approximate surface area is 76.3 Å². The lowest BCUT2D eigenvalue weighted by Gasteiger charge is -2.18. The predicted molar refractivity (Wildman–Crippen MR) is 44.3 cm³/mol. The van der Waals surface area contributed by atoms with Crippen LogP contribution in [0.1, 0.15) is 33.6 Å². The Balaban J connectivity index is 4.22. The zero-order valence-electron chi connectivity index (χ0n) is 8.11. The van der Waals surface area contributed by atoms with Crippen molar-refractivity contribution in [2.24, 2.45) is 11.8 Å². The molecule has 13 heavy (non-hydrogen) atoms. The second kappa shape index (κ2) is 4.63. The van der Waals surface area contributed by atoms with Crippen LogP contribution in [0.15, 0.2) is 0 Å². The Morgan fingerprint density at radius 3 is 2.00 bits per heavy atom. The highest BCUT2D eigenvalue weighted by Gasteiger charge is 2.39. The van der Waals surface area contributed by atoms with Gasteiger partial charge in [-0.3, -0.25) is 4.79 Å². The highest BCUT2D eigenvalue weighted by atomic mass is 19.4. The lowest BCUT2D eigenvalue weighted by molar-refractivity contribution is -0.179. The summed E-state index contributed by atoms with van der Waals surface area (Å²) in [6.45, 7) is 4.68. The number of rotatable bonds is 4. The minimum atomic E-state index is -4.24. The molecule has 1 nitrogen and oxygen atoms in total. The van der Waals surface area contributed by atoms with Crippen molar-refractivity contribution >= 4 is 5.78 Å². The Kier molecular flexibility index (Phi) is 4.44. The lowest BCUT2D eigenvalue weighted by atomic mass is 9.94. The highest BCUT2D eigenvalue weighted by molar-refractivity contribution is 5.80. The maximum Gasteiger partial charge on any atom is 0.392 e. The third kappa shape index (κ3) is 4.29. The number of carbonyl (C=O) groups is 1. The van der Waals surface area contributed by atoms with E-state index in [0.29, 0.717) is 0 Å². The summed E-state index contributed by atoms with van der Waals surface area (Å²) < 4.78 is 36.6. The number of ketones is 1. The zero-order chi connectivity index (χ0) is 10.6. The molecule has 0 rings (SSSR count). The van der Waals surface area contributed by atoms with E-state index in [0.717, 1.165) is 0 Å². The first-order valence-corrected chi connectivity index (χ1v) is 4.38. The van der Waals surface area contributed by atoms with Gasteiger partial charge in [-0.05, 0) is 6.42 Å². The van der Waals surface area contributed by atoms with Crippen LogP contribution in [0.4, 0.5) is 13.2 Å². The molecular formula is C9H15F3O. The van der Waals surface area contributed by atoms with Gasteiger partial charge in [-0.1, -0.05) is 20.8 Å². The number of hydrogen-bond acceptors (Lipinski definition) is 1. The molecule has 0 saturated heterocycles. The van der Waals surface area contributed by atoms with E-state index in [1.54, 1.807) is 13.8 Å². The number of Topliss-reactive ketones (excluding diaryl/α,β-unsaturated/α-hetero) is 1. The van der Waals surface area contributed by atoms with E-state index < -0.39 is 12.1 Å². The molecule has 0 unspecified atom stereocenters. The van der Waals surface area contributed by atoms with Crippen molar-refractivity contribution in [3.63, 3.8) is 0 Å². The summed E-state index contributed by atoms with van der Waals surface area (Å²) in [6, 6.07) is 0. The average Bonchev–Trinajstić information content (AvgIpc) is 1.96. The fourth-order valence-electron chi connectivity index (χ4n) is 0.970. The second-order valence-corrected chi connectivity index (χ2v) is 3.47. The summed E-state index contributed by atoms with van der Waals surface area (Å²) in [5.41, 5.74) is 0. The summed E-state index contributed by atoms with van der Waals surface area (Å²) in [5, 5.41) is 0. The fraction of sp³-hybridized carbons (Fsp3) is 0.889. The topological polar surface area (TPSA) is 17.1 Å². The molecule has 0 N–H and O–H groups in total. The van der Waals surface area contributed by atoms with Gasteiger partial charge in [0.1, 0.15) is 5.78 Å². The number of alkyl halides is 3. The first kappa shape index (κ1) is 12.5. The van der Waals surface area contributed by atoms with Gasteiger partial charge in [0.25, 0.3) is 0 Å². The van der Waals surface area contributed by atoms with Crippen LogP contribution in [0.3, 0.4) is 0 Å². The lowest BCUT2D eigenvalue weighted by Crippen LogP contribution is -2.26. The maximum absolute atomic E-state index is 12.2. The van der Waals surface area contributed by atoms with E-state index in [9.17, 15) is 18.0 Å².